The molecule has 6 heteroatoms. The summed E-state index contributed by atoms with van der Waals surface area (Å²) in [7, 11) is 1.61. The predicted molar refractivity (Wildman–Crippen MR) is 91.4 cm³/mol. The number of methoxy groups -OCH3 is 1. The average Bonchev–Trinajstić information content (AvgIpc) is 2.55. The Bertz CT molecular complexity index is 639. The van der Waals surface area contributed by atoms with E-state index >= 15 is 0 Å². The molecule has 2 rings (SSSR count). The normalized spacial score (nSPS) is 10.5. The van der Waals surface area contributed by atoms with E-state index in [1.54, 1.807) is 13.3 Å². The molecule has 0 aliphatic rings. The number of ether oxygens (including phenoxy) is 1. The number of carbonyl (C=O) groups is 1. The van der Waals surface area contributed by atoms with Crippen molar-refractivity contribution < 1.29 is 9.53 Å². The number of nitrogens with zero attached hydrogens (tertiary/aromatic N) is 1. The zero-order valence-electron chi connectivity index (χ0n) is 12.0. The van der Waals surface area contributed by atoms with Crippen molar-refractivity contribution in [2.75, 3.05) is 19.0 Å². The molecule has 22 heavy (non-hydrogen) atoms. The Morgan fingerprint density at radius 3 is 2.50 bits per heavy atom. The van der Waals surface area contributed by atoms with Crippen molar-refractivity contribution in [3.63, 3.8) is 0 Å². The molecule has 2 N–H and O–H groups in total. The predicted octanol–water partition coefficient (Wildman–Crippen LogP) is 3.02. The van der Waals surface area contributed by atoms with Crippen LogP contribution in [0.15, 0.2) is 58.1 Å². The van der Waals surface area contributed by atoms with Gasteiger partial charge in [-0.3, -0.25) is 4.79 Å². The van der Waals surface area contributed by atoms with E-state index < -0.39 is 0 Å². The maximum absolute atomic E-state index is 11.7. The molecular formula is C16H16BrN3O2. The topological polar surface area (TPSA) is 62.7 Å². The van der Waals surface area contributed by atoms with Gasteiger partial charge in [0.1, 0.15) is 5.75 Å². The van der Waals surface area contributed by atoms with Crippen LogP contribution in [0.4, 0.5) is 5.69 Å². The quantitative estimate of drug-likeness (QED) is 0.613. The van der Waals surface area contributed by atoms with E-state index in [0.29, 0.717) is 0 Å². The lowest BCUT2D eigenvalue weighted by atomic mass is 10.2. The number of halogens is 1. The maximum atomic E-state index is 11.7. The van der Waals surface area contributed by atoms with Crippen LogP contribution in [-0.2, 0) is 4.79 Å². The molecule has 0 bridgehead atoms. The Kier molecular flexibility index (Phi) is 5.97. The van der Waals surface area contributed by atoms with E-state index in [2.05, 4.69) is 31.8 Å². The lowest BCUT2D eigenvalue weighted by Crippen LogP contribution is -2.25. The van der Waals surface area contributed by atoms with E-state index in [9.17, 15) is 4.79 Å². The van der Waals surface area contributed by atoms with Crippen LogP contribution in [0.25, 0.3) is 0 Å². The van der Waals surface area contributed by atoms with Gasteiger partial charge in [0.05, 0.1) is 19.9 Å². The third kappa shape index (κ3) is 5.21. The summed E-state index contributed by atoms with van der Waals surface area (Å²) in [5.41, 5.74) is 4.22. The molecule has 0 saturated carbocycles. The molecule has 0 spiro atoms. The molecule has 0 unspecified atom stereocenters. The van der Waals surface area contributed by atoms with Crippen molar-refractivity contribution in [1.82, 2.24) is 5.43 Å². The van der Waals surface area contributed by atoms with Crippen molar-refractivity contribution >= 4 is 33.7 Å². The van der Waals surface area contributed by atoms with Gasteiger partial charge >= 0.3 is 0 Å². The lowest BCUT2D eigenvalue weighted by Gasteiger charge is -2.05. The molecule has 2 aromatic carbocycles. The molecule has 0 aliphatic heterocycles. The first-order valence-corrected chi connectivity index (χ1v) is 7.42. The third-order valence-electron chi connectivity index (χ3n) is 2.82. The van der Waals surface area contributed by atoms with Crippen molar-refractivity contribution in [1.29, 1.82) is 0 Å². The SMILES string of the molecule is COc1ccc(C=NNC(=O)CNc2ccc(Br)cc2)cc1. The largest absolute Gasteiger partial charge is 0.497 e. The molecule has 0 atom stereocenters. The smallest absolute Gasteiger partial charge is 0.259 e. The number of hydrogen-bond acceptors (Lipinski definition) is 4. The average molecular weight is 362 g/mol. The van der Waals surface area contributed by atoms with Crippen LogP contribution in [0.5, 0.6) is 5.75 Å². The number of carbonyl (C=O) groups excluding carboxylic acids is 1. The Morgan fingerprint density at radius 2 is 1.86 bits per heavy atom. The molecule has 0 radical (unpaired) electrons. The number of amides is 1. The highest BCUT2D eigenvalue weighted by Crippen LogP contribution is 2.13. The number of hydrazone groups is 1. The van der Waals surface area contributed by atoms with E-state index in [1.807, 2.05) is 48.5 Å². The summed E-state index contributed by atoms with van der Waals surface area (Å²) in [5, 5.41) is 6.92. The number of hydrogen-bond donors (Lipinski definition) is 2. The first-order chi connectivity index (χ1) is 10.7. The molecular weight excluding hydrogens is 346 g/mol. The van der Waals surface area contributed by atoms with Gasteiger partial charge in [-0.1, -0.05) is 15.9 Å². The van der Waals surface area contributed by atoms with Gasteiger partial charge in [0.25, 0.3) is 5.91 Å². The van der Waals surface area contributed by atoms with Crippen molar-refractivity contribution in [2.45, 2.75) is 0 Å². The van der Waals surface area contributed by atoms with Crippen LogP contribution in [0, 0.1) is 0 Å². The van der Waals surface area contributed by atoms with Gasteiger partial charge < -0.3 is 10.1 Å². The minimum atomic E-state index is -0.215. The number of nitrogens with one attached hydrogen (secondary N) is 2. The Hall–Kier alpha value is -2.34. The fraction of sp³-hybridized carbons (Fsp3) is 0.125. The third-order valence-corrected chi connectivity index (χ3v) is 3.34. The first-order valence-electron chi connectivity index (χ1n) is 6.63. The van der Waals surface area contributed by atoms with Crippen LogP contribution >= 0.6 is 15.9 Å². The Labute approximate surface area is 137 Å². The fourth-order valence-corrected chi connectivity index (χ4v) is 1.92. The van der Waals surface area contributed by atoms with Gasteiger partial charge in [-0.15, -0.1) is 0 Å². The van der Waals surface area contributed by atoms with Gasteiger partial charge in [0, 0.05) is 10.2 Å². The molecule has 0 aromatic heterocycles. The summed E-state index contributed by atoms with van der Waals surface area (Å²) in [6, 6.07) is 15.0. The van der Waals surface area contributed by atoms with Gasteiger partial charge in [-0.05, 0) is 54.1 Å². The highest BCUT2D eigenvalue weighted by molar-refractivity contribution is 9.10. The van der Waals surface area contributed by atoms with Crippen molar-refractivity contribution in [3.05, 3.63) is 58.6 Å². The van der Waals surface area contributed by atoms with Gasteiger partial charge in [-0.2, -0.15) is 5.10 Å². The van der Waals surface area contributed by atoms with E-state index in [1.165, 1.54) is 0 Å². The van der Waals surface area contributed by atoms with Crippen LogP contribution < -0.4 is 15.5 Å². The van der Waals surface area contributed by atoms with Crippen LogP contribution in [0.1, 0.15) is 5.56 Å². The molecule has 2 aromatic rings. The molecule has 0 saturated heterocycles. The summed E-state index contributed by atoms with van der Waals surface area (Å²) in [5.74, 6) is 0.563. The van der Waals surface area contributed by atoms with Crippen LogP contribution in [0.3, 0.4) is 0 Å². The summed E-state index contributed by atoms with van der Waals surface area (Å²) >= 11 is 3.36. The minimum Gasteiger partial charge on any atom is -0.497 e. The van der Waals surface area contributed by atoms with Crippen LogP contribution in [0.2, 0.25) is 0 Å². The second-order valence-corrected chi connectivity index (χ2v) is 5.34. The van der Waals surface area contributed by atoms with Gasteiger partial charge in [0.2, 0.25) is 0 Å². The zero-order valence-corrected chi connectivity index (χ0v) is 13.6. The van der Waals surface area contributed by atoms with E-state index in [-0.39, 0.29) is 12.5 Å². The minimum absolute atomic E-state index is 0.154. The van der Waals surface area contributed by atoms with Crippen molar-refractivity contribution in [2.24, 2.45) is 5.10 Å². The maximum Gasteiger partial charge on any atom is 0.259 e. The standard InChI is InChI=1S/C16H16BrN3O2/c1-22-15-8-2-12(3-9-15)10-19-20-16(21)11-18-14-6-4-13(17)5-7-14/h2-10,18H,11H2,1H3,(H,20,21). The number of benzene rings is 2. The molecule has 0 heterocycles. The summed E-state index contributed by atoms with van der Waals surface area (Å²) < 4.78 is 6.06. The molecule has 114 valence electrons. The highest BCUT2D eigenvalue weighted by atomic mass is 79.9. The molecule has 5 nitrogen and oxygen atoms in total. The van der Waals surface area contributed by atoms with Gasteiger partial charge in [0.15, 0.2) is 0 Å². The second kappa shape index (κ2) is 8.19. The molecule has 1 amide bonds. The van der Waals surface area contributed by atoms with E-state index in [0.717, 1.165) is 21.5 Å². The fourth-order valence-electron chi connectivity index (χ4n) is 1.66. The number of anilines is 1. The molecule has 0 fully saturated rings. The summed E-state index contributed by atoms with van der Waals surface area (Å²) in [6.45, 7) is 0.154. The summed E-state index contributed by atoms with van der Waals surface area (Å²) in [6.07, 6.45) is 1.58. The second-order valence-electron chi connectivity index (χ2n) is 4.43. The van der Waals surface area contributed by atoms with E-state index in [4.69, 9.17) is 4.74 Å². The van der Waals surface area contributed by atoms with Gasteiger partial charge in [-0.25, -0.2) is 5.43 Å². The monoisotopic (exact) mass is 361 g/mol. The number of rotatable bonds is 6. The highest BCUT2D eigenvalue weighted by Gasteiger charge is 1.99. The summed E-state index contributed by atoms with van der Waals surface area (Å²) in [4.78, 5) is 11.7. The van der Waals surface area contributed by atoms with Crippen LogP contribution in [-0.4, -0.2) is 25.8 Å². The Balaban J connectivity index is 1.76. The van der Waals surface area contributed by atoms with Crippen molar-refractivity contribution in [3.8, 4) is 5.75 Å². The molecule has 0 aliphatic carbocycles. The zero-order chi connectivity index (χ0) is 15.8. The lowest BCUT2D eigenvalue weighted by molar-refractivity contribution is -0.119. The first kappa shape index (κ1) is 16.0. The Morgan fingerprint density at radius 1 is 1.18 bits per heavy atom.